The van der Waals surface area contributed by atoms with Crippen molar-refractivity contribution in [3.8, 4) is 0 Å². The molecule has 9 heteroatoms. The molecule has 1 aromatic carbocycles. The third-order valence-electron chi connectivity index (χ3n) is 3.76. The lowest BCUT2D eigenvalue weighted by Crippen LogP contribution is -2.26. The fraction of sp³-hybridized carbons (Fsp3) is 0.333. The molecule has 3 aromatic rings. The topological polar surface area (TPSA) is 81.8 Å². The van der Waals surface area contributed by atoms with Crippen molar-refractivity contribution in [2.24, 2.45) is 7.05 Å². The van der Waals surface area contributed by atoms with Crippen LogP contribution in [0.1, 0.15) is 12.1 Å². The maximum Gasteiger partial charge on any atom is 0.245 e. The number of nitrogens with zero attached hydrogens (tertiary/aromatic N) is 4. The zero-order valence-electron chi connectivity index (χ0n) is 13.4. The second-order valence-corrected chi connectivity index (χ2v) is 7.57. The highest BCUT2D eigenvalue weighted by molar-refractivity contribution is 7.89. The van der Waals surface area contributed by atoms with Crippen LogP contribution >= 0.6 is 11.6 Å². The number of para-hydroxylation sites is 2. The number of hydrogen-bond donors (Lipinski definition) is 1. The van der Waals surface area contributed by atoms with E-state index in [9.17, 15) is 8.42 Å². The van der Waals surface area contributed by atoms with Crippen molar-refractivity contribution in [3.05, 3.63) is 41.4 Å². The van der Waals surface area contributed by atoms with Gasteiger partial charge in [-0.2, -0.15) is 5.10 Å². The summed E-state index contributed by atoms with van der Waals surface area (Å²) in [5, 5.41) is 4.14. The smallest absolute Gasteiger partial charge is 0.245 e. The Bertz CT molecular complexity index is 977. The van der Waals surface area contributed by atoms with E-state index in [0.29, 0.717) is 25.2 Å². The summed E-state index contributed by atoms with van der Waals surface area (Å²) in [6.07, 6.45) is 2.40. The minimum atomic E-state index is -3.67. The van der Waals surface area contributed by atoms with Crippen molar-refractivity contribution >= 4 is 32.7 Å². The van der Waals surface area contributed by atoms with Crippen LogP contribution in [-0.4, -0.2) is 34.3 Å². The van der Waals surface area contributed by atoms with Crippen molar-refractivity contribution in [2.45, 2.75) is 24.8 Å². The van der Waals surface area contributed by atoms with E-state index >= 15 is 0 Å². The van der Waals surface area contributed by atoms with E-state index in [-0.39, 0.29) is 10.0 Å². The van der Waals surface area contributed by atoms with Gasteiger partial charge in [0.15, 0.2) is 0 Å². The lowest BCUT2D eigenvalue weighted by molar-refractivity contribution is 0.571. The molecule has 3 rings (SSSR count). The highest BCUT2D eigenvalue weighted by atomic mass is 35.5. The van der Waals surface area contributed by atoms with Crippen molar-refractivity contribution in [1.82, 2.24) is 24.1 Å². The predicted molar refractivity (Wildman–Crippen MR) is 92.5 cm³/mol. The molecule has 0 saturated carbocycles. The standard InChI is InChI=1S/C15H18ClN5O2S/c1-11-14(15(16)20(2)19-11)24(22,23)18-8-5-9-21-10-17-12-6-3-4-7-13(12)21/h3-4,6-7,10,18H,5,8-9H2,1-2H3. The fourth-order valence-corrected chi connectivity index (χ4v) is 4.45. The molecule has 0 aliphatic rings. The number of nitrogens with one attached hydrogen (secondary N) is 1. The van der Waals surface area contributed by atoms with Crippen LogP contribution < -0.4 is 4.72 Å². The Morgan fingerprint density at radius 1 is 1.29 bits per heavy atom. The van der Waals surface area contributed by atoms with E-state index in [1.165, 1.54) is 4.68 Å². The maximum absolute atomic E-state index is 12.4. The van der Waals surface area contributed by atoms with E-state index in [1.807, 2.05) is 28.8 Å². The first-order valence-electron chi connectivity index (χ1n) is 7.49. The van der Waals surface area contributed by atoms with Crippen molar-refractivity contribution in [3.63, 3.8) is 0 Å². The van der Waals surface area contributed by atoms with Gasteiger partial charge in [-0.25, -0.2) is 18.1 Å². The number of imidazole rings is 1. The number of aryl methyl sites for hydroxylation is 3. The second-order valence-electron chi connectivity index (χ2n) is 5.51. The van der Waals surface area contributed by atoms with Crippen LogP contribution in [0.15, 0.2) is 35.5 Å². The van der Waals surface area contributed by atoms with Gasteiger partial charge >= 0.3 is 0 Å². The summed E-state index contributed by atoms with van der Waals surface area (Å²) >= 11 is 6.03. The Balaban J connectivity index is 1.64. The van der Waals surface area contributed by atoms with Gasteiger partial charge in [-0.3, -0.25) is 4.68 Å². The van der Waals surface area contributed by atoms with Gasteiger partial charge < -0.3 is 4.57 Å². The van der Waals surface area contributed by atoms with Crippen molar-refractivity contribution in [1.29, 1.82) is 0 Å². The van der Waals surface area contributed by atoms with E-state index in [2.05, 4.69) is 14.8 Å². The first-order valence-corrected chi connectivity index (χ1v) is 9.35. The third kappa shape index (κ3) is 3.17. The van der Waals surface area contributed by atoms with Crippen LogP contribution in [0, 0.1) is 6.92 Å². The molecule has 7 nitrogen and oxygen atoms in total. The molecule has 24 heavy (non-hydrogen) atoms. The molecule has 0 bridgehead atoms. The number of halogens is 1. The number of fused-ring (bicyclic) bond motifs is 1. The Morgan fingerprint density at radius 2 is 2.04 bits per heavy atom. The molecular formula is C15H18ClN5O2S. The van der Waals surface area contributed by atoms with Gasteiger partial charge in [0.2, 0.25) is 10.0 Å². The number of aromatic nitrogens is 4. The summed E-state index contributed by atoms with van der Waals surface area (Å²) in [6, 6.07) is 7.83. The summed E-state index contributed by atoms with van der Waals surface area (Å²) in [5.41, 5.74) is 2.35. The lowest BCUT2D eigenvalue weighted by Gasteiger charge is -2.07. The largest absolute Gasteiger partial charge is 0.331 e. The Labute approximate surface area is 145 Å². The minimum Gasteiger partial charge on any atom is -0.331 e. The molecule has 0 spiro atoms. The van der Waals surface area contributed by atoms with E-state index in [0.717, 1.165) is 11.0 Å². The first-order chi connectivity index (χ1) is 11.4. The number of hydrogen-bond acceptors (Lipinski definition) is 4. The second kappa shape index (κ2) is 6.54. The monoisotopic (exact) mass is 367 g/mol. The molecule has 0 fully saturated rings. The molecule has 2 aromatic heterocycles. The highest BCUT2D eigenvalue weighted by Crippen LogP contribution is 2.23. The van der Waals surface area contributed by atoms with Gasteiger partial charge in [-0.05, 0) is 25.5 Å². The van der Waals surface area contributed by atoms with Crippen molar-refractivity contribution in [2.75, 3.05) is 6.54 Å². The van der Waals surface area contributed by atoms with Gasteiger partial charge in [0.05, 0.1) is 23.1 Å². The molecule has 1 N–H and O–H groups in total. The third-order valence-corrected chi connectivity index (χ3v) is 5.92. The first kappa shape index (κ1) is 16.9. The summed E-state index contributed by atoms with van der Waals surface area (Å²) in [6.45, 7) is 2.60. The zero-order chi connectivity index (χ0) is 17.3. The Hall–Kier alpha value is -1.90. The highest BCUT2D eigenvalue weighted by Gasteiger charge is 2.24. The molecule has 0 saturated heterocycles. The van der Waals surface area contributed by atoms with Gasteiger partial charge in [0, 0.05) is 20.1 Å². The van der Waals surface area contributed by atoms with Crippen LogP contribution in [-0.2, 0) is 23.6 Å². The molecule has 128 valence electrons. The van der Waals surface area contributed by atoms with Crippen LogP contribution in [0.5, 0.6) is 0 Å². The summed E-state index contributed by atoms with van der Waals surface area (Å²) in [4.78, 5) is 4.36. The summed E-state index contributed by atoms with van der Waals surface area (Å²) < 4.78 is 30.7. The Morgan fingerprint density at radius 3 is 2.75 bits per heavy atom. The van der Waals surface area contributed by atoms with E-state index in [1.54, 1.807) is 20.3 Å². The maximum atomic E-state index is 12.4. The van der Waals surface area contributed by atoms with E-state index in [4.69, 9.17) is 11.6 Å². The number of benzene rings is 1. The average Bonchev–Trinajstić information content (AvgIpc) is 3.05. The van der Waals surface area contributed by atoms with Gasteiger partial charge in [-0.1, -0.05) is 23.7 Å². The molecule has 2 heterocycles. The van der Waals surface area contributed by atoms with Gasteiger partial charge in [-0.15, -0.1) is 0 Å². The molecule has 0 amide bonds. The molecule has 0 aliphatic heterocycles. The SMILES string of the molecule is Cc1nn(C)c(Cl)c1S(=O)(=O)NCCCn1cnc2ccccc21. The number of sulfonamides is 1. The zero-order valence-corrected chi connectivity index (χ0v) is 15.0. The van der Waals surface area contributed by atoms with Crippen LogP contribution in [0.25, 0.3) is 11.0 Å². The minimum absolute atomic E-state index is 0.0414. The van der Waals surface area contributed by atoms with Crippen LogP contribution in [0.4, 0.5) is 0 Å². The number of rotatable bonds is 6. The lowest BCUT2D eigenvalue weighted by atomic mass is 10.3. The van der Waals surface area contributed by atoms with E-state index < -0.39 is 10.0 Å². The molecule has 0 unspecified atom stereocenters. The van der Waals surface area contributed by atoms with Crippen LogP contribution in [0.3, 0.4) is 0 Å². The molecular weight excluding hydrogens is 350 g/mol. The predicted octanol–water partition coefficient (Wildman–Crippen LogP) is 2.10. The van der Waals surface area contributed by atoms with Gasteiger partial charge in [0.1, 0.15) is 10.0 Å². The summed E-state index contributed by atoms with van der Waals surface area (Å²) in [7, 11) is -2.06. The fourth-order valence-electron chi connectivity index (χ4n) is 2.63. The molecule has 0 radical (unpaired) electrons. The Kier molecular flexibility index (Phi) is 4.62. The normalized spacial score (nSPS) is 12.1. The quantitative estimate of drug-likeness (QED) is 0.676. The molecule has 0 aliphatic carbocycles. The van der Waals surface area contributed by atoms with Crippen molar-refractivity contribution < 1.29 is 8.42 Å². The van der Waals surface area contributed by atoms with Gasteiger partial charge in [0.25, 0.3) is 0 Å². The average molecular weight is 368 g/mol. The van der Waals surface area contributed by atoms with Crippen LogP contribution in [0.2, 0.25) is 5.15 Å². The molecule has 0 atom stereocenters. The summed E-state index contributed by atoms with van der Waals surface area (Å²) in [5.74, 6) is 0.